The van der Waals surface area contributed by atoms with Crippen molar-refractivity contribution in [3.63, 3.8) is 0 Å². The maximum Gasteiger partial charge on any atom is 0.239 e. The topological polar surface area (TPSA) is 72.0 Å². The first-order chi connectivity index (χ1) is 13.7. The molecule has 1 saturated heterocycles. The Morgan fingerprint density at radius 3 is 2.20 bits per heavy atom. The van der Waals surface area contributed by atoms with Crippen molar-refractivity contribution in [3.05, 3.63) is 35.4 Å². The Morgan fingerprint density at radius 2 is 1.63 bits per heavy atom. The third kappa shape index (κ3) is 10.6. The minimum absolute atomic E-state index is 0. The fraction of sp³-hybridized carbons (Fsp3) is 0.636. The van der Waals surface area contributed by atoms with E-state index in [1.807, 2.05) is 27.7 Å². The van der Waals surface area contributed by atoms with Crippen molar-refractivity contribution in [2.75, 3.05) is 46.3 Å². The van der Waals surface area contributed by atoms with Gasteiger partial charge in [-0.1, -0.05) is 24.3 Å². The number of halogens is 1. The molecule has 0 spiro atoms. The summed E-state index contributed by atoms with van der Waals surface area (Å²) in [5.41, 5.74) is 2.26. The van der Waals surface area contributed by atoms with Gasteiger partial charge in [0.1, 0.15) is 0 Å². The number of aliphatic imine (C=N–C) groups is 1. The number of piperazine rings is 1. The molecule has 1 fully saturated rings. The molecule has 0 aromatic heterocycles. The van der Waals surface area contributed by atoms with Crippen LogP contribution in [0.1, 0.15) is 38.8 Å². The molecule has 1 aliphatic heterocycles. The Balaban J connectivity index is 0.00000450. The van der Waals surface area contributed by atoms with Crippen LogP contribution in [0.15, 0.2) is 29.3 Å². The van der Waals surface area contributed by atoms with E-state index >= 15 is 0 Å². The zero-order valence-corrected chi connectivity index (χ0v) is 21.5. The highest BCUT2D eigenvalue weighted by Gasteiger charge is 2.14. The smallest absolute Gasteiger partial charge is 0.239 e. The Kier molecular flexibility index (Phi) is 11.6. The summed E-state index contributed by atoms with van der Waals surface area (Å²) in [6.07, 6.45) is 0. The normalized spacial score (nSPS) is 16.0. The summed E-state index contributed by atoms with van der Waals surface area (Å²) in [5.74, 6) is 0.606. The number of nitrogens with one attached hydrogen (secondary N) is 3. The average molecular weight is 530 g/mol. The molecule has 30 heavy (non-hydrogen) atoms. The average Bonchev–Trinajstić information content (AvgIpc) is 2.65. The maximum absolute atomic E-state index is 12.0. The quantitative estimate of drug-likeness (QED) is 0.286. The van der Waals surface area contributed by atoms with Gasteiger partial charge in [-0.2, -0.15) is 0 Å². The van der Waals surface area contributed by atoms with E-state index in [9.17, 15) is 4.79 Å². The fourth-order valence-electron chi connectivity index (χ4n) is 3.15. The first kappa shape index (κ1) is 26.6. The van der Waals surface area contributed by atoms with E-state index in [0.29, 0.717) is 12.5 Å². The molecule has 1 amide bonds. The van der Waals surface area contributed by atoms with Crippen molar-refractivity contribution in [2.45, 2.75) is 46.3 Å². The number of amides is 1. The van der Waals surface area contributed by atoms with Gasteiger partial charge in [-0.25, -0.2) is 4.99 Å². The maximum atomic E-state index is 12.0. The van der Waals surface area contributed by atoms with Crippen molar-refractivity contribution in [3.8, 4) is 0 Å². The highest BCUT2D eigenvalue weighted by molar-refractivity contribution is 14.0. The van der Waals surface area contributed by atoms with Crippen LogP contribution in [-0.2, 0) is 17.9 Å². The molecule has 8 heteroatoms. The summed E-state index contributed by atoms with van der Waals surface area (Å²) in [4.78, 5) is 21.5. The molecule has 1 aromatic carbocycles. The minimum Gasteiger partial charge on any atom is -0.357 e. The third-order valence-corrected chi connectivity index (χ3v) is 4.72. The molecule has 1 aromatic rings. The Morgan fingerprint density at radius 1 is 1.03 bits per heavy atom. The highest BCUT2D eigenvalue weighted by Crippen LogP contribution is 2.10. The summed E-state index contributed by atoms with van der Waals surface area (Å²) in [7, 11) is 2.18. The molecular formula is C22H39IN6O. The number of nitrogens with zero attached hydrogens (tertiary/aromatic N) is 3. The van der Waals surface area contributed by atoms with Crippen molar-refractivity contribution in [1.82, 2.24) is 25.8 Å². The Hall–Kier alpha value is -1.39. The molecular weight excluding hydrogens is 491 g/mol. The van der Waals surface area contributed by atoms with Gasteiger partial charge in [-0.15, -0.1) is 24.0 Å². The third-order valence-electron chi connectivity index (χ3n) is 4.72. The van der Waals surface area contributed by atoms with Crippen molar-refractivity contribution < 1.29 is 4.79 Å². The van der Waals surface area contributed by atoms with Gasteiger partial charge in [-0.3, -0.25) is 9.69 Å². The van der Waals surface area contributed by atoms with E-state index in [1.165, 1.54) is 5.56 Å². The largest absolute Gasteiger partial charge is 0.357 e. The lowest BCUT2D eigenvalue weighted by Crippen LogP contribution is -2.48. The number of likely N-dealkylation sites (N-methyl/N-ethyl adjacent to an activating group) is 1. The van der Waals surface area contributed by atoms with E-state index < -0.39 is 0 Å². The van der Waals surface area contributed by atoms with E-state index in [-0.39, 0.29) is 42.0 Å². The Bertz CT molecular complexity index is 663. The molecule has 0 saturated carbocycles. The molecule has 0 unspecified atom stereocenters. The van der Waals surface area contributed by atoms with Crippen LogP contribution in [0, 0.1) is 0 Å². The van der Waals surface area contributed by atoms with Gasteiger partial charge in [0, 0.05) is 44.8 Å². The van der Waals surface area contributed by atoms with Crippen LogP contribution in [0.5, 0.6) is 0 Å². The SMILES string of the molecule is CCNC(=NCc1ccc(CN2CCN(C)CC2)cc1)NCC(=O)NC(C)(C)C.I. The summed E-state index contributed by atoms with van der Waals surface area (Å²) >= 11 is 0. The van der Waals surface area contributed by atoms with Crippen LogP contribution in [0.4, 0.5) is 0 Å². The van der Waals surface area contributed by atoms with Crippen molar-refractivity contribution >= 4 is 35.8 Å². The predicted octanol–water partition coefficient (Wildman–Crippen LogP) is 2.02. The number of guanidine groups is 1. The van der Waals surface area contributed by atoms with Crippen LogP contribution in [0.3, 0.4) is 0 Å². The molecule has 7 nitrogen and oxygen atoms in total. The monoisotopic (exact) mass is 530 g/mol. The number of benzene rings is 1. The van der Waals surface area contributed by atoms with Crippen LogP contribution in [-0.4, -0.2) is 73.5 Å². The number of rotatable bonds is 7. The fourth-order valence-corrected chi connectivity index (χ4v) is 3.15. The summed E-state index contributed by atoms with van der Waals surface area (Å²) in [6, 6.07) is 8.68. The van der Waals surface area contributed by atoms with Crippen LogP contribution < -0.4 is 16.0 Å². The van der Waals surface area contributed by atoms with Gasteiger partial charge in [0.15, 0.2) is 5.96 Å². The molecule has 1 aliphatic rings. The molecule has 0 radical (unpaired) electrons. The standard InChI is InChI=1S/C22H38N6O.HI/c1-6-23-21(25-16-20(29)26-22(2,3)4)24-15-18-7-9-19(10-8-18)17-28-13-11-27(5)12-14-28;/h7-10H,6,11-17H2,1-5H3,(H,26,29)(H2,23,24,25);1H. The molecule has 0 bridgehead atoms. The van der Waals surface area contributed by atoms with E-state index in [2.05, 4.69) is 62.1 Å². The second kappa shape index (κ2) is 13.1. The van der Waals surface area contributed by atoms with Gasteiger partial charge in [0.05, 0.1) is 13.1 Å². The lowest BCUT2D eigenvalue weighted by molar-refractivity contribution is -0.121. The molecule has 0 atom stereocenters. The van der Waals surface area contributed by atoms with Crippen LogP contribution in [0.25, 0.3) is 0 Å². The number of hydrogen-bond acceptors (Lipinski definition) is 4. The van der Waals surface area contributed by atoms with E-state index in [4.69, 9.17) is 0 Å². The first-order valence-corrected chi connectivity index (χ1v) is 10.6. The van der Waals surface area contributed by atoms with Gasteiger partial charge in [0.25, 0.3) is 0 Å². The molecule has 170 valence electrons. The van der Waals surface area contributed by atoms with Gasteiger partial charge < -0.3 is 20.9 Å². The first-order valence-electron chi connectivity index (χ1n) is 10.6. The molecule has 0 aliphatic carbocycles. The van der Waals surface area contributed by atoms with Gasteiger partial charge in [-0.05, 0) is 45.9 Å². The number of hydrogen-bond donors (Lipinski definition) is 3. The lowest BCUT2D eigenvalue weighted by Gasteiger charge is -2.32. The lowest BCUT2D eigenvalue weighted by atomic mass is 10.1. The molecule has 3 N–H and O–H groups in total. The summed E-state index contributed by atoms with van der Waals surface area (Å²) in [5, 5.41) is 9.23. The number of carbonyl (C=O) groups excluding carboxylic acids is 1. The number of carbonyl (C=O) groups is 1. The van der Waals surface area contributed by atoms with Crippen LogP contribution >= 0.6 is 24.0 Å². The second-order valence-corrected chi connectivity index (χ2v) is 8.74. The summed E-state index contributed by atoms with van der Waals surface area (Å²) in [6.45, 7) is 15.0. The predicted molar refractivity (Wildman–Crippen MR) is 135 cm³/mol. The summed E-state index contributed by atoms with van der Waals surface area (Å²) < 4.78 is 0. The highest BCUT2D eigenvalue weighted by atomic mass is 127. The molecule has 1 heterocycles. The second-order valence-electron chi connectivity index (χ2n) is 8.74. The van der Waals surface area contributed by atoms with Gasteiger partial charge in [0.2, 0.25) is 5.91 Å². The van der Waals surface area contributed by atoms with Gasteiger partial charge >= 0.3 is 0 Å². The van der Waals surface area contributed by atoms with E-state index in [0.717, 1.165) is 44.8 Å². The van der Waals surface area contributed by atoms with Crippen LogP contribution in [0.2, 0.25) is 0 Å². The van der Waals surface area contributed by atoms with Crippen molar-refractivity contribution in [2.24, 2.45) is 4.99 Å². The minimum atomic E-state index is -0.236. The Labute approximate surface area is 199 Å². The molecule has 2 rings (SSSR count). The zero-order chi connectivity index (χ0) is 21.3. The van der Waals surface area contributed by atoms with Crippen molar-refractivity contribution in [1.29, 1.82) is 0 Å². The van der Waals surface area contributed by atoms with E-state index in [1.54, 1.807) is 0 Å². The zero-order valence-electron chi connectivity index (χ0n) is 19.1.